The summed E-state index contributed by atoms with van der Waals surface area (Å²) in [5.41, 5.74) is 10.7. The highest BCUT2D eigenvalue weighted by Gasteiger charge is 2.33. The minimum Gasteiger partial charge on any atom is -0.491 e. The molecule has 0 aliphatic heterocycles. The third-order valence-corrected chi connectivity index (χ3v) is 18.3. The highest BCUT2D eigenvalue weighted by atomic mass is 16.5. The van der Waals surface area contributed by atoms with Gasteiger partial charge in [0.25, 0.3) is 0 Å². The lowest BCUT2D eigenvalue weighted by Gasteiger charge is -2.33. The van der Waals surface area contributed by atoms with Crippen LogP contribution in [0.3, 0.4) is 0 Å². The molecule has 13 heteroatoms. The zero-order chi connectivity index (χ0) is 85.9. The lowest BCUT2D eigenvalue weighted by atomic mass is 9.72. The normalized spacial score (nSPS) is 12.5. The van der Waals surface area contributed by atoms with Gasteiger partial charge in [0.1, 0.15) is 74.1 Å². The Bertz CT molecular complexity index is 3160. The second-order valence-corrected chi connectivity index (χ2v) is 41.3. The molecule has 0 bridgehead atoms. The maximum Gasteiger partial charge on any atom is 0.167 e. The van der Waals surface area contributed by atoms with Gasteiger partial charge in [0.15, 0.2) is 5.78 Å². The van der Waals surface area contributed by atoms with Gasteiger partial charge in [-0.2, -0.15) is 0 Å². The number of aliphatic hydroxyl groups excluding tert-OH is 5. The van der Waals surface area contributed by atoms with Crippen molar-refractivity contribution in [3.05, 3.63) is 179 Å². The summed E-state index contributed by atoms with van der Waals surface area (Å²) in [6.07, 6.45) is 6.80. The number of ketones is 1. The van der Waals surface area contributed by atoms with Crippen LogP contribution in [0.5, 0.6) is 34.5 Å². The fourth-order valence-electron chi connectivity index (χ4n) is 15.8. The molecule has 0 spiro atoms. The van der Waals surface area contributed by atoms with E-state index in [0.29, 0.717) is 78.7 Å². The average molecular weight is 1560 g/mol. The van der Waals surface area contributed by atoms with Crippen LogP contribution in [-0.2, 0) is 42.0 Å². The van der Waals surface area contributed by atoms with Gasteiger partial charge in [-0.25, -0.2) is 0 Å². The van der Waals surface area contributed by atoms with E-state index in [2.05, 4.69) is 281 Å². The summed E-state index contributed by atoms with van der Waals surface area (Å²) in [5.74, 6) is 4.93. The van der Waals surface area contributed by atoms with Gasteiger partial charge in [-0.1, -0.05) is 281 Å². The molecule has 6 aromatic carbocycles. The van der Waals surface area contributed by atoms with Gasteiger partial charge in [-0.05, 0) is 217 Å². The molecule has 0 aliphatic rings. The van der Waals surface area contributed by atoms with Gasteiger partial charge >= 0.3 is 0 Å². The number of carbonyl (C=O) groups is 1. The molecule has 0 fully saturated rings. The standard InChI is InChI=1S/C18H30O3.C17H26O2.4C16H26O2/c1-17(2,3)14-18(4,5)15-6-8-16(9-7-15)21-13-12-20-11-10-19;1-13(18)11-19-15-9-7-14(8-10-15)17(5,6)12-16(2,3)4;4*1-15(2,3)12-16(4,5)13-6-8-14(9-7-13)18-11-10-17/h6-9,19H,10-14H2,1-5H3;7-10H,11-12H2,1-6H3;4*6-9,17H,10-12H2,1-5H3. The van der Waals surface area contributed by atoms with E-state index in [9.17, 15) is 4.79 Å². The quantitative estimate of drug-likeness (QED) is 0.0246. The molecule has 0 saturated carbocycles. The van der Waals surface area contributed by atoms with Crippen LogP contribution in [-0.4, -0.2) is 117 Å². The maximum atomic E-state index is 10.9. The van der Waals surface area contributed by atoms with Crippen LogP contribution < -0.4 is 28.4 Å². The molecule has 0 heterocycles. The SMILES string of the molecule is CC(=O)COc1ccc(C(C)(C)CC(C)(C)C)cc1.CC(C)(C)CC(C)(C)c1ccc(OCCO)cc1.CC(C)(C)CC(C)(C)c1ccc(OCCO)cc1.CC(C)(C)CC(C)(C)c1ccc(OCCO)cc1.CC(C)(C)CC(C)(C)c1ccc(OCCO)cc1.CC(C)(C)CC(C)(C)c1ccc(OCCOCCO)cc1. The molecule has 6 rings (SSSR count). The van der Waals surface area contributed by atoms with Gasteiger partial charge in [-0.3, -0.25) is 4.79 Å². The van der Waals surface area contributed by atoms with E-state index in [0.717, 1.165) is 73.0 Å². The second kappa shape index (κ2) is 46.9. The van der Waals surface area contributed by atoms with Gasteiger partial charge in [0.05, 0.1) is 46.2 Å². The minimum absolute atomic E-state index is 0.0390. The summed E-state index contributed by atoms with van der Waals surface area (Å²) in [6, 6.07) is 49.3. The smallest absolute Gasteiger partial charge is 0.167 e. The fraction of sp³-hybridized carbons (Fsp3) is 0.626. The van der Waals surface area contributed by atoms with Crippen LogP contribution in [0, 0.1) is 32.5 Å². The summed E-state index contributed by atoms with van der Waals surface area (Å²) >= 11 is 0. The molecule has 0 atom stereocenters. The molecule has 0 aliphatic carbocycles. The maximum absolute atomic E-state index is 10.9. The Kier molecular flexibility index (Phi) is 43.4. The summed E-state index contributed by atoms with van der Waals surface area (Å²) in [5, 5.41) is 43.5. The molecule has 634 valence electrons. The van der Waals surface area contributed by atoms with E-state index < -0.39 is 0 Å². The highest BCUT2D eigenvalue weighted by molar-refractivity contribution is 5.77. The number of rotatable bonds is 33. The average Bonchev–Trinajstić information content (AvgIpc) is 0.863. The third kappa shape index (κ3) is 46.2. The second-order valence-electron chi connectivity index (χ2n) is 41.3. The van der Waals surface area contributed by atoms with Crippen molar-refractivity contribution in [3.63, 3.8) is 0 Å². The molecule has 0 radical (unpaired) electrons. The Labute approximate surface area is 683 Å². The van der Waals surface area contributed by atoms with Crippen LogP contribution >= 0.6 is 0 Å². The molecule has 0 unspecified atom stereocenters. The zero-order valence-electron chi connectivity index (χ0n) is 76.3. The molecule has 13 nitrogen and oxygen atoms in total. The van der Waals surface area contributed by atoms with Crippen molar-refractivity contribution < 1.29 is 63.5 Å². The van der Waals surface area contributed by atoms with Crippen molar-refractivity contribution in [1.29, 1.82) is 0 Å². The van der Waals surface area contributed by atoms with Crippen LogP contribution in [0.1, 0.15) is 287 Å². The molecule has 0 amide bonds. The summed E-state index contributed by atoms with van der Waals surface area (Å²) in [4.78, 5) is 10.9. The molecule has 6 aromatic rings. The molecule has 5 N–H and O–H groups in total. The summed E-state index contributed by atoms with van der Waals surface area (Å²) in [7, 11) is 0. The van der Waals surface area contributed by atoms with E-state index in [1.54, 1.807) is 0 Å². The summed E-state index contributed by atoms with van der Waals surface area (Å²) < 4.78 is 37.7. The van der Waals surface area contributed by atoms with Crippen molar-refractivity contribution in [2.45, 2.75) is 286 Å². The minimum atomic E-state index is 0.0390. The van der Waals surface area contributed by atoms with Crippen LogP contribution in [0.15, 0.2) is 146 Å². The monoisotopic (exact) mass is 1560 g/mol. The van der Waals surface area contributed by atoms with E-state index in [4.69, 9.17) is 58.7 Å². The molecular formula is C99H160O13. The lowest BCUT2D eigenvalue weighted by molar-refractivity contribution is -0.118. The van der Waals surface area contributed by atoms with E-state index in [1.165, 1.54) is 40.3 Å². The first kappa shape index (κ1) is 104. The van der Waals surface area contributed by atoms with Crippen LogP contribution in [0.4, 0.5) is 0 Å². The number of aliphatic hydroxyl groups is 5. The highest BCUT2D eigenvalue weighted by Crippen LogP contribution is 2.43. The van der Waals surface area contributed by atoms with Crippen molar-refractivity contribution in [2.24, 2.45) is 32.5 Å². The Morgan fingerprint density at radius 1 is 0.223 bits per heavy atom. The Morgan fingerprint density at radius 2 is 0.375 bits per heavy atom. The Hall–Kier alpha value is -6.45. The first-order valence-corrected chi connectivity index (χ1v) is 40.8. The number of ether oxygens (including phenoxy) is 7. The molecular weight excluding hydrogens is 1400 g/mol. The third-order valence-electron chi connectivity index (χ3n) is 18.3. The Balaban J connectivity index is 0.000000673. The first-order chi connectivity index (χ1) is 51.3. The Morgan fingerprint density at radius 3 is 0.518 bits per heavy atom. The number of hydrogen-bond acceptors (Lipinski definition) is 13. The van der Waals surface area contributed by atoms with Crippen LogP contribution in [0.25, 0.3) is 0 Å². The van der Waals surface area contributed by atoms with Gasteiger partial charge in [0, 0.05) is 0 Å². The van der Waals surface area contributed by atoms with E-state index in [1.807, 2.05) is 72.8 Å². The van der Waals surface area contributed by atoms with Gasteiger partial charge < -0.3 is 58.7 Å². The predicted molar refractivity (Wildman–Crippen MR) is 471 cm³/mol. The topological polar surface area (TPSA) is 183 Å². The zero-order valence-corrected chi connectivity index (χ0v) is 76.3. The summed E-state index contributed by atoms with van der Waals surface area (Å²) in [6.45, 7) is 72.9. The fourth-order valence-corrected chi connectivity index (χ4v) is 15.8. The molecule has 112 heavy (non-hydrogen) atoms. The van der Waals surface area contributed by atoms with Crippen molar-refractivity contribution in [2.75, 3.05) is 85.9 Å². The van der Waals surface area contributed by atoms with E-state index >= 15 is 0 Å². The first-order valence-electron chi connectivity index (χ1n) is 40.8. The lowest BCUT2D eigenvalue weighted by Crippen LogP contribution is -2.24. The molecule has 0 aromatic heterocycles. The molecule has 0 saturated heterocycles. The number of Topliss-reactive ketones (excluding diaryl/α,β-unsaturated/α-hetero) is 1. The predicted octanol–water partition coefficient (Wildman–Crippen LogP) is 23.2. The van der Waals surface area contributed by atoms with Crippen LogP contribution in [0.2, 0.25) is 0 Å². The van der Waals surface area contributed by atoms with Crippen molar-refractivity contribution >= 4 is 5.78 Å². The van der Waals surface area contributed by atoms with Crippen molar-refractivity contribution in [3.8, 4) is 34.5 Å². The van der Waals surface area contributed by atoms with Gasteiger partial charge in [-0.15, -0.1) is 0 Å². The van der Waals surface area contributed by atoms with Crippen molar-refractivity contribution in [1.82, 2.24) is 0 Å². The number of benzene rings is 6. The van der Waals surface area contributed by atoms with E-state index in [-0.39, 0.29) is 77.9 Å². The number of hydrogen-bond donors (Lipinski definition) is 5. The largest absolute Gasteiger partial charge is 0.491 e. The van der Waals surface area contributed by atoms with Gasteiger partial charge in [0.2, 0.25) is 0 Å². The number of carbonyl (C=O) groups excluding carboxylic acids is 1.